The van der Waals surface area contributed by atoms with E-state index in [1.54, 1.807) is 6.92 Å². The van der Waals surface area contributed by atoms with E-state index >= 15 is 0 Å². The maximum Gasteiger partial charge on any atom is 0.331 e. The molecule has 0 bridgehead atoms. The number of rotatable bonds is 20. The van der Waals surface area contributed by atoms with Crippen molar-refractivity contribution < 1.29 is 57.2 Å². The molecule has 4 amide bonds. The third kappa shape index (κ3) is 15.0. The van der Waals surface area contributed by atoms with Crippen LogP contribution in [0, 0.1) is 0 Å². The highest BCUT2D eigenvalue weighted by Crippen LogP contribution is 2.00. The molecule has 16 nitrogen and oxygen atoms in total. The second-order valence-electron chi connectivity index (χ2n) is 8.86. The fourth-order valence-electron chi connectivity index (χ4n) is 3.45. The van der Waals surface area contributed by atoms with Crippen LogP contribution in [0.5, 0.6) is 0 Å². The Kier molecular flexibility index (Phi) is 16.1. The predicted octanol–water partition coefficient (Wildman–Crippen LogP) is -0.866. The number of urea groups is 2. The van der Waals surface area contributed by atoms with E-state index in [2.05, 4.69) is 10.6 Å². The lowest BCUT2D eigenvalue weighted by Crippen LogP contribution is -2.31. The molecule has 0 aromatic carbocycles. The first-order valence-electron chi connectivity index (χ1n) is 13.5. The van der Waals surface area contributed by atoms with Crippen molar-refractivity contribution in [2.75, 3.05) is 85.5 Å². The Bertz CT molecular complexity index is 986. The summed E-state index contributed by atoms with van der Waals surface area (Å²) in [7, 11) is 0. The Morgan fingerprint density at radius 1 is 0.667 bits per heavy atom. The zero-order valence-electron chi connectivity index (χ0n) is 23.6. The van der Waals surface area contributed by atoms with Gasteiger partial charge in [0.25, 0.3) is 0 Å². The third-order valence-electron chi connectivity index (χ3n) is 5.68. The van der Waals surface area contributed by atoms with E-state index in [0.29, 0.717) is 32.6 Å². The minimum Gasteiger partial charge on any atom is -0.462 e. The van der Waals surface area contributed by atoms with Crippen LogP contribution >= 0.6 is 0 Å². The van der Waals surface area contributed by atoms with E-state index < -0.39 is 23.9 Å². The number of esters is 4. The van der Waals surface area contributed by atoms with Crippen molar-refractivity contribution in [2.24, 2.45) is 0 Å². The lowest BCUT2D eigenvalue weighted by molar-refractivity contribution is -0.141. The predicted molar refractivity (Wildman–Crippen MR) is 143 cm³/mol. The topological polar surface area (TPSA) is 188 Å². The minimum atomic E-state index is -0.728. The number of amides is 4. The molecule has 0 aromatic rings. The number of carbonyl (C=O) groups is 6. The van der Waals surface area contributed by atoms with Crippen LogP contribution in [0.25, 0.3) is 0 Å². The lowest BCUT2D eigenvalue weighted by Gasteiger charge is -2.13. The van der Waals surface area contributed by atoms with Gasteiger partial charge in [-0.05, 0) is 6.92 Å². The van der Waals surface area contributed by atoms with Crippen LogP contribution in [0.4, 0.5) is 9.59 Å². The van der Waals surface area contributed by atoms with E-state index in [-0.39, 0.29) is 77.5 Å². The second-order valence-corrected chi connectivity index (χ2v) is 8.86. The maximum atomic E-state index is 11.7. The maximum absolute atomic E-state index is 11.7. The number of ether oxygens (including phenoxy) is 6. The van der Waals surface area contributed by atoms with Crippen molar-refractivity contribution in [3.8, 4) is 0 Å². The Balaban J connectivity index is 1.39. The second kappa shape index (κ2) is 19.8. The summed E-state index contributed by atoms with van der Waals surface area (Å²) < 4.78 is 30.7. The number of nitrogens with one attached hydrogen (secondary N) is 2. The van der Waals surface area contributed by atoms with Crippen molar-refractivity contribution in [1.29, 1.82) is 0 Å². The van der Waals surface area contributed by atoms with E-state index in [1.165, 1.54) is 9.80 Å². The highest BCUT2D eigenvalue weighted by Gasteiger charge is 2.20. The summed E-state index contributed by atoms with van der Waals surface area (Å²) in [5.41, 5.74) is 0. The Labute approximate surface area is 243 Å². The summed E-state index contributed by atoms with van der Waals surface area (Å²) in [5.74, 6) is -2.86. The molecule has 1 unspecified atom stereocenters. The van der Waals surface area contributed by atoms with E-state index in [1.807, 2.05) is 0 Å². The summed E-state index contributed by atoms with van der Waals surface area (Å²) in [5, 5.41) is 5.27. The van der Waals surface area contributed by atoms with Crippen LogP contribution < -0.4 is 10.6 Å². The molecule has 2 aliphatic heterocycles. The first kappa shape index (κ1) is 34.0. The van der Waals surface area contributed by atoms with E-state index in [0.717, 1.165) is 24.3 Å². The van der Waals surface area contributed by atoms with Gasteiger partial charge in [-0.3, -0.25) is 0 Å². The quantitative estimate of drug-likeness (QED) is 0.0764. The molecule has 2 heterocycles. The molecule has 2 aliphatic rings. The van der Waals surface area contributed by atoms with Crippen LogP contribution in [0.15, 0.2) is 24.3 Å². The molecule has 0 aliphatic carbocycles. The summed E-state index contributed by atoms with van der Waals surface area (Å²) >= 11 is 0. The highest BCUT2D eigenvalue weighted by molar-refractivity contribution is 5.92. The smallest absolute Gasteiger partial charge is 0.331 e. The number of carbonyl (C=O) groups excluding carboxylic acids is 6. The molecule has 0 spiro atoms. The molecule has 1 atom stereocenters. The van der Waals surface area contributed by atoms with Gasteiger partial charge >= 0.3 is 35.9 Å². The van der Waals surface area contributed by atoms with Crippen LogP contribution in [-0.4, -0.2) is 137 Å². The fraction of sp³-hybridized carbons (Fsp3) is 0.615. The van der Waals surface area contributed by atoms with Crippen LogP contribution in [0.1, 0.15) is 13.3 Å². The molecule has 0 saturated carbocycles. The van der Waals surface area contributed by atoms with Gasteiger partial charge in [-0.15, -0.1) is 0 Å². The van der Waals surface area contributed by atoms with Gasteiger partial charge in [0.05, 0.1) is 45.6 Å². The van der Waals surface area contributed by atoms with Crippen LogP contribution in [0.3, 0.4) is 0 Å². The van der Waals surface area contributed by atoms with Crippen LogP contribution in [0.2, 0.25) is 0 Å². The van der Waals surface area contributed by atoms with Crippen molar-refractivity contribution >= 4 is 35.9 Å². The Morgan fingerprint density at radius 2 is 1.10 bits per heavy atom. The minimum absolute atomic E-state index is 0.0185. The summed E-state index contributed by atoms with van der Waals surface area (Å²) in [6.45, 7) is 5.28. The molecular formula is C26H38N4O12. The van der Waals surface area contributed by atoms with Crippen molar-refractivity contribution in [3.63, 3.8) is 0 Å². The van der Waals surface area contributed by atoms with Gasteiger partial charge in [0.15, 0.2) is 0 Å². The van der Waals surface area contributed by atoms with Gasteiger partial charge < -0.3 is 48.9 Å². The molecule has 0 aromatic heterocycles. The van der Waals surface area contributed by atoms with Gasteiger partial charge in [-0.2, -0.15) is 0 Å². The van der Waals surface area contributed by atoms with Crippen molar-refractivity contribution in [1.82, 2.24) is 20.4 Å². The molecule has 2 saturated heterocycles. The molecule has 2 fully saturated rings. The highest BCUT2D eigenvalue weighted by atomic mass is 16.6. The first-order valence-corrected chi connectivity index (χ1v) is 13.5. The van der Waals surface area contributed by atoms with Gasteiger partial charge in [-0.1, -0.05) is 0 Å². The summed E-state index contributed by atoms with van der Waals surface area (Å²) in [6, 6.07) is -0.409. The largest absolute Gasteiger partial charge is 0.462 e. The molecule has 2 rings (SSSR count). The number of hydrogen-bond acceptors (Lipinski definition) is 12. The van der Waals surface area contributed by atoms with Gasteiger partial charge in [0, 0.05) is 56.9 Å². The molecular weight excluding hydrogens is 560 g/mol. The summed E-state index contributed by atoms with van der Waals surface area (Å²) in [6.07, 6.45) is 4.02. The SMILES string of the molecule is CC(CCOC(=O)/C=C\C(=O)OCCN1CCNC1=O)OCCOCCOC(=O)/C=C\C(=O)OCCN1CCNC1=O. The van der Waals surface area contributed by atoms with Gasteiger partial charge in [0.2, 0.25) is 0 Å². The standard InChI is InChI=1S/C26H38N4O12/c1-20(6-13-39-21(31)2-3-22(32)40-14-11-29-9-7-27-25(29)35)38-18-16-37-17-19-42-24(34)5-4-23(33)41-15-12-30-10-8-28-26(30)36/h2-5,20H,6-19H2,1H3,(H,27,35)(H,28,36)/b3-2-,5-4-. The number of hydrogen-bond donors (Lipinski definition) is 2. The first-order chi connectivity index (χ1) is 20.2. The number of nitrogens with zero attached hydrogens (tertiary/aromatic N) is 2. The molecule has 234 valence electrons. The zero-order valence-corrected chi connectivity index (χ0v) is 23.6. The average Bonchev–Trinajstić information content (AvgIpc) is 3.57. The van der Waals surface area contributed by atoms with E-state index in [4.69, 9.17) is 28.4 Å². The fourth-order valence-corrected chi connectivity index (χ4v) is 3.45. The third-order valence-corrected chi connectivity index (χ3v) is 5.68. The summed E-state index contributed by atoms with van der Waals surface area (Å²) in [4.78, 5) is 72.4. The lowest BCUT2D eigenvalue weighted by atomic mass is 10.3. The van der Waals surface area contributed by atoms with Crippen molar-refractivity contribution in [2.45, 2.75) is 19.4 Å². The van der Waals surface area contributed by atoms with Crippen molar-refractivity contribution in [3.05, 3.63) is 24.3 Å². The molecule has 0 radical (unpaired) electrons. The molecule has 42 heavy (non-hydrogen) atoms. The monoisotopic (exact) mass is 598 g/mol. The average molecular weight is 599 g/mol. The van der Waals surface area contributed by atoms with Gasteiger partial charge in [0.1, 0.15) is 19.8 Å². The molecule has 16 heteroatoms. The Morgan fingerprint density at radius 3 is 1.55 bits per heavy atom. The van der Waals surface area contributed by atoms with Gasteiger partial charge in [-0.25, -0.2) is 28.8 Å². The van der Waals surface area contributed by atoms with E-state index in [9.17, 15) is 28.8 Å². The zero-order chi connectivity index (χ0) is 30.6. The molecule has 2 N–H and O–H groups in total. The Hall–Kier alpha value is -4.18. The normalized spacial score (nSPS) is 15.5. The van der Waals surface area contributed by atoms with Crippen LogP contribution in [-0.2, 0) is 47.6 Å².